The molecule has 0 heterocycles. The minimum Gasteiger partial charge on any atom is -0.481 e. The quantitative estimate of drug-likeness (QED) is 0.0546. The molecule has 3 N–H and O–H groups in total. The van der Waals surface area contributed by atoms with Crippen LogP contribution in [0.25, 0.3) is 0 Å². The van der Waals surface area contributed by atoms with E-state index in [4.69, 9.17) is 23.8 Å². The first-order chi connectivity index (χ1) is 19.0. The number of hydrogen-bond donors (Lipinski definition) is 3. The summed E-state index contributed by atoms with van der Waals surface area (Å²) < 4.78 is 43.2. The van der Waals surface area contributed by atoms with E-state index >= 15 is 0 Å². The van der Waals surface area contributed by atoms with Crippen molar-refractivity contribution in [2.75, 3.05) is 51.1 Å². The number of ether oxygens (including phenoxy) is 3. The summed E-state index contributed by atoms with van der Waals surface area (Å²) in [5.41, 5.74) is 0.616. The molecule has 0 aliphatic rings. The Balaban J connectivity index is 0. The molecule has 0 aliphatic carbocycles. The van der Waals surface area contributed by atoms with Crippen LogP contribution in [0.3, 0.4) is 0 Å². The fourth-order valence-corrected chi connectivity index (χ4v) is 4.92. The van der Waals surface area contributed by atoms with Crippen molar-refractivity contribution < 1.29 is 62.1 Å². The summed E-state index contributed by atoms with van der Waals surface area (Å²) in [6, 6.07) is 0. The number of aliphatic hydroxyl groups excluding tert-OH is 1. The maximum absolute atomic E-state index is 12.2. The Labute approximate surface area is 242 Å². The molecule has 0 saturated carbocycles. The zero-order chi connectivity index (χ0) is 32.1. The van der Waals surface area contributed by atoms with Crippen LogP contribution in [0.5, 0.6) is 0 Å². The largest absolute Gasteiger partial charge is 0.481 e. The SMILES string of the molecule is C=C(C)C(=O)OCCC(O)COP(=O)(CC)CCC(=O)O.C=C(C)C(=O)OCCCCOC(=O)CCP(=O)(O)CC. The molecule has 0 saturated heterocycles. The van der Waals surface area contributed by atoms with Crippen LogP contribution in [0.4, 0.5) is 0 Å². The molecule has 41 heavy (non-hydrogen) atoms. The summed E-state index contributed by atoms with van der Waals surface area (Å²) in [7, 11) is -6.20. The van der Waals surface area contributed by atoms with Gasteiger partial charge in [0, 0.05) is 42.2 Å². The summed E-state index contributed by atoms with van der Waals surface area (Å²) in [4.78, 5) is 53.2. The zero-order valence-electron chi connectivity index (χ0n) is 24.5. The van der Waals surface area contributed by atoms with Gasteiger partial charge >= 0.3 is 23.9 Å². The number of aliphatic carboxylic acids is 1. The van der Waals surface area contributed by atoms with Gasteiger partial charge in [-0.05, 0) is 26.7 Å². The van der Waals surface area contributed by atoms with Gasteiger partial charge in [0.15, 0.2) is 0 Å². The predicted octanol–water partition coefficient (Wildman–Crippen LogP) is 3.76. The van der Waals surface area contributed by atoms with E-state index in [1.54, 1.807) is 20.8 Å². The fraction of sp³-hybridized carbons (Fsp3) is 0.692. The number of carboxylic acid groups (broad SMARTS) is 1. The van der Waals surface area contributed by atoms with Crippen LogP contribution in [0.2, 0.25) is 0 Å². The van der Waals surface area contributed by atoms with Gasteiger partial charge in [-0.2, -0.15) is 0 Å². The molecule has 0 fully saturated rings. The van der Waals surface area contributed by atoms with Gasteiger partial charge in [0.05, 0.1) is 45.4 Å². The van der Waals surface area contributed by atoms with Gasteiger partial charge in [0.1, 0.15) is 0 Å². The first-order valence-corrected chi connectivity index (χ1v) is 17.2. The number of carboxylic acids is 1. The van der Waals surface area contributed by atoms with Gasteiger partial charge in [0.2, 0.25) is 14.7 Å². The van der Waals surface area contributed by atoms with Crippen LogP contribution in [0.15, 0.2) is 24.3 Å². The highest BCUT2D eigenvalue weighted by molar-refractivity contribution is 7.59. The van der Waals surface area contributed by atoms with E-state index < -0.39 is 44.7 Å². The summed E-state index contributed by atoms with van der Waals surface area (Å²) in [6.45, 7) is 13.5. The second kappa shape index (κ2) is 22.3. The fourth-order valence-electron chi connectivity index (χ4n) is 2.47. The summed E-state index contributed by atoms with van der Waals surface area (Å²) in [6.07, 6.45) is 0.332. The van der Waals surface area contributed by atoms with Crippen molar-refractivity contribution >= 4 is 38.6 Å². The molecule has 0 spiro atoms. The summed E-state index contributed by atoms with van der Waals surface area (Å²) >= 11 is 0. The van der Waals surface area contributed by atoms with Crippen LogP contribution in [0, 0.1) is 0 Å². The highest BCUT2D eigenvalue weighted by Gasteiger charge is 2.23. The number of esters is 3. The summed E-state index contributed by atoms with van der Waals surface area (Å²) in [5.74, 6) is -2.49. The van der Waals surface area contributed by atoms with Crippen molar-refractivity contribution in [1.82, 2.24) is 0 Å². The molecule has 0 amide bonds. The number of carbonyl (C=O) groups excluding carboxylic acids is 3. The third-order valence-electron chi connectivity index (χ3n) is 5.23. The lowest BCUT2D eigenvalue weighted by Gasteiger charge is -2.18. The van der Waals surface area contributed by atoms with Crippen molar-refractivity contribution in [3.63, 3.8) is 0 Å². The molecule has 0 bridgehead atoms. The molecule has 0 aliphatic heterocycles. The maximum atomic E-state index is 12.2. The maximum Gasteiger partial charge on any atom is 0.333 e. The minimum atomic E-state index is -3.16. The van der Waals surface area contributed by atoms with Crippen LogP contribution in [-0.4, -0.2) is 96.2 Å². The molecule has 238 valence electrons. The lowest BCUT2D eigenvalue weighted by molar-refractivity contribution is -0.144. The minimum absolute atomic E-state index is 0.00176. The van der Waals surface area contributed by atoms with Gasteiger partial charge in [-0.3, -0.25) is 18.7 Å². The Morgan fingerprint density at radius 1 is 0.805 bits per heavy atom. The number of hydrogen-bond acceptors (Lipinski definition) is 11. The molecule has 0 aromatic heterocycles. The zero-order valence-corrected chi connectivity index (χ0v) is 26.3. The molecule has 0 aromatic rings. The Morgan fingerprint density at radius 3 is 1.78 bits per heavy atom. The third kappa shape index (κ3) is 24.0. The van der Waals surface area contributed by atoms with E-state index in [9.17, 15) is 38.3 Å². The molecular weight excluding hydrogens is 582 g/mol. The van der Waals surface area contributed by atoms with Gasteiger partial charge < -0.3 is 33.8 Å². The monoisotopic (exact) mass is 628 g/mol. The summed E-state index contributed by atoms with van der Waals surface area (Å²) in [5, 5.41) is 18.2. The predicted molar refractivity (Wildman–Crippen MR) is 153 cm³/mol. The van der Waals surface area contributed by atoms with Gasteiger partial charge in [0.25, 0.3) is 0 Å². The van der Waals surface area contributed by atoms with Crippen LogP contribution >= 0.6 is 14.7 Å². The van der Waals surface area contributed by atoms with Gasteiger partial charge in [-0.25, -0.2) is 9.59 Å². The van der Waals surface area contributed by atoms with E-state index in [1.165, 1.54) is 6.92 Å². The molecule has 0 rings (SSSR count). The first kappa shape index (κ1) is 40.8. The molecule has 13 nitrogen and oxygen atoms in total. The van der Waals surface area contributed by atoms with E-state index in [-0.39, 0.29) is 75.9 Å². The number of rotatable bonds is 21. The Kier molecular flexibility index (Phi) is 22.2. The normalized spacial score (nSPS) is 14.2. The number of carbonyl (C=O) groups is 4. The van der Waals surface area contributed by atoms with Crippen LogP contribution < -0.4 is 0 Å². The Morgan fingerprint density at radius 2 is 1.32 bits per heavy atom. The second-order valence-electron chi connectivity index (χ2n) is 9.13. The van der Waals surface area contributed by atoms with E-state index in [2.05, 4.69) is 13.2 Å². The lowest BCUT2D eigenvalue weighted by Crippen LogP contribution is -2.19. The highest BCUT2D eigenvalue weighted by atomic mass is 31.2. The lowest BCUT2D eigenvalue weighted by atomic mass is 10.3. The highest BCUT2D eigenvalue weighted by Crippen LogP contribution is 2.47. The standard InChI is InChI=1S/C13H23O7P.C13H23O6P/c1-4-21(18,8-6-12(15)16)20-9-11(14)5-7-19-13(17)10(2)3;1-4-20(16,17)10-7-12(14)18-8-5-6-9-19-13(15)11(2)3/h11,14H,2,4-9H2,1,3H3,(H,15,16);2,4-10H2,1,3H3,(H,16,17). The Hall–Kier alpha value is -2.30. The van der Waals surface area contributed by atoms with Crippen molar-refractivity contribution in [3.05, 3.63) is 24.3 Å². The number of unbranched alkanes of at least 4 members (excludes halogenated alkanes) is 1. The van der Waals surface area contributed by atoms with Gasteiger partial charge in [-0.15, -0.1) is 0 Å². The third-order valence-corrected chi connectivity index (χ3v) is 9.62. The molecular formula is C26H46O13P2. The number of aliphatic hydroxyl groups is 1. The smallest absolute Gasteiger partial charge is 0.333 e. The molecule has 0 radical (unpaired) electrons. The Bertz CT molecular complexity index is 961. The van der Waals surface area contributed by atoms with Crippen molar-refractivity contribution in [2.24, 2.45) is 0 Å². The topological polar surface area (TPSA) is 200 Å². The van der Waals surface area contributed by atoms with Crippen molar-refractivity contribution in [2.45, 2.75) is 65.9 Å². The average Bonchev–Trinajstić information content (AvgIpc) is 2.91. The van der Waals surface area contributed by atoms with Gasteiger partial charge in [-0.1, -0.05) is 27.0 Å². The van der Waals surface area contributed by atoms with Crippen LogP contribution in [-0.2, 0) is 47.0 Å². The van der Waals surface area contributed by atoms with E-state index in [0.717, 1.165) is 0 Å². The molecule has 3 unspecified atom stereocenters. The second-order valence-corrected chi connectivity index (χ2v) is 14.9. The van der Waals surface area contributed by atoms with E-state index in [0.29, 0.717) is 18.4 Å². The first-order valence-electron chi connectivity index (χ1n) is 13.2. The molecule has 3 atom stereocenters. The van der Waals surface area contributed by atoms with E-state index in [1.807, 2.05) is 0 Å². The van der Waals surface area contributed by atoms with Crippen LogP contribution in [0.1, 0.15) is 59.8 Å². The van der Waals surface area contributed by atoms with Crippen molar-refractivity contribution in [1.29, 1.82) is 0 Å². The van der Waals surface area contributed by atoms with Crippen molar-refractivity contribution in [3.8, 4) is 0 Å². The average molecular weight is 629 g/mol. The molecule has 0 aromatic carbocycles. The molecule has 15 heteroatoms.